The molecule has 0 fully saturated rings. The topological polar surface area (TPSA) is 18.5 Å². The van der Waals surface area contributed by atoms with Crippen LogP contribution in [-0.2, 0) is 11.2 Å². The molecule has 1 aromatic rings. The van der Waals surface area contributed by atoms with Crippen LogP contribution in [0, 0.1) is 0 Å². The van der Waals surface area contributed by atoms with E-state index >= 15 is 0 Å². The maximum Gasteiger partial charge on any atom is 0.122 e. The zero-order valence-electron chi connectivity index (χ0n) is 8.95. The molecule has 1 rings (SSSR count). The highest BCUT2D eigenvalue weighted by Crippen LogP contribution is 2.18. The zero-order chi connectivity index (χ0) is 10.2. The fraction of sp³-hybridized carbons (Fsp3) is 0.500. The van der Waals surface area contributed by atoms with Gasteiger partial charge in [0, 0.05) is 6.61 Å². The second-order valence-corrected chi connectivity index (χ2v) is 2.99. The summed E-state index contributed by atoms with van der Waals surface area (Å²) in [6, 6.07) is 8.12. The van der Waals surface area contributed by atoms with E-state index in [-0.39, 0.29) is 0 Å². The summed E-state index contributed by atoms with van der Waals surface area (Å²) in [5.74, 6) is 0.981. The smallest absolute Gasteiger partial charge is 0.122 e. The Bertz CT molecular complexity index is 258. The molecule has 0 aromatic heterocycles. The minimum Gasteiger partial charge on any atom is -0.494 e. The third kappa shape index (κ3) is 3.38. The fourth-order valence-electron chi connectivity index (χ4n) is 1.33. The quantitative estimate of drug-likeness (QED) is 0.648. The Labute approximate surface area is 85.8 Å². The Morgan fingerprint density at radius 3 is 2.57 bits per heavy atom. The summed E-state index contributed by atoms with van der Waals surface area (Å²) in [7, 11) is 0. The summed E-state index contributed by atoms with van der Waals surface area (Å²) in [5.41, 5.74) is 1.22. The fourth-order valence-corrected chi connectivity index (χ4v) is 1.33. The van der Waals surface area contributed by atoms with Gasteiger partial charge in [0.2, 0.25) is 0 Å². The lowest BCUT2D eigenvalue weighted by Gasteiger charge is -2.09. The summed E-state index contributed by atoms with van der Waals surface area (Å²) in [5, 5.41) is 0. The number of para-hydroxylation sites is 1. The lowest BCUT2D eigenvalue weighted by atomic mass is 10.1. The van der Waals surface area contributed by atoms with Gasteiger partial charge >= 0.3 is 0 Å². The van der Waals surface area contributed by atoms with Crippen molar-refractivity contribution in [3.8, 4) is 5.75 Å². The van der Waals surface area contributed by atoms with Crippen LogP contribution in [0.1, 0.15) is 19.4 Å². The van der Waals surface area contributed by atoms with Gasteiger partial charge in [-0.1, -0.05) is 18.2 Å². The Morgan fingerprint density at radius 2 is 1.86 bits per heavy atom. The molecular weight excluding hydrogens is 176 g/mol. The van der Waals surface area contributed by atoms with Gasteiger partial charge < -0.3 is 9.47 Å². The minimum absolute atomic E-state index is 0.714. The average molecular weight is 194 g/mol. The second-order valence-electron chi connectivity index (χ2n) is 2.99. The van der Waals surface area contributed by atoms with Gasteiger partial charge in [-0.15, -0.1) is 0 Å². The molecule has 0 saturated carbocycles. The Kier molecular flexibility index (Phi) is 5.08. The van der Waals surface area contributed by atoms with E-state index in [0.717, 1.165) is 25.4 Å². The predicted molar refractivity (Wildman–Crippen MR) is 57.8 cm³/mol. The molecule has 0 unspecified atom stereocenters. The van der Waals surface area contributed by atoms with Crippen molar-refractivity contribution in [1.82, 2.24) is 0 Å². The Morgan fingerprint density at radius 1 is 1.07 bits per heavy atom. The van der Waals surface area contributed by atoms with E-state index in [0.29, 0.717) is 6.61 Å². The Hall–Kier alpha value is -1.02. The van der Waals surface area contributed by atoms with Crippen LogP contribution in [-0.4, -0.2) is 19.8 Å². The molecule has 0 atom stereocenters. The maximum absolute atomic E-state index is 5.51. The van der Waals surface area contributed by atoms with Crippen LogP contribution in [0.3, 0.4) is 0 Å². The van der Waals surface area contributed by atoms with Gasteiger partial charge in [-0.2, -0.15) is 0 Å². The molecule has 0 bridgehead atoms. The van der Waals surface area contributed by atoms with E-state index < -0.39 is 0 Å². The first-order valence-electron chi connectivity index (χ1n) is 5.17. The highest BCUT2D eigenvalue weighted by atomic mass is 16.5. The highest BCUT2D eigenvalue weighted by Gasteiger charge is 2.01. The molecule has 2 nitrogen and oxygen atoms in total. The molecule has 0 aliphatic rings. The molecule has 1 aromatic carbocycles. The van der Waals surface area contributed by atoms with Gasteiger partial charge in [0.25, 0.3) is 0 Å². The van der Waals surface area contributed by atoms with Gasteiger partial charge in [-0.05, 0) is 31.9 Å². The SMILES string of the molecule is CCOCCc1ccccc1OCC. The van der Waals surface area contributed by atoms with E-state index in [2.05, 4.69) is 6.07 Å². The van der Waals surface area contributed by atoms with Crippen LogP contribution >= 0.6 is 0 Å². The molecule has 0 N–H and O–H groups in total. The maximum atomic E-state index is 5.51. The third-order valence-corrected chi connectivity index (χ3v) is 1.99. The lowest BCUT2D eigenvalue weighted by molar-refractivity contribution is 0.150. The summed E-state index contributed by atoms with van der Waals surface area (Å²) in [6.45, 7) is 6.26. The van der Waals surface area contributed by atoms with E-state index in [1.54, 1.807) is 0 Å². The number of hydrogen-bond acceptors (Lipinski definition) is 2. The first-order chi connectivity index (χ1) is 6.88. The number of rotatable bonds is 6. The van der Waals surface area contributed by atoms with Crippen LogP contribution in [0.4, 0.5) is 0 Å². The first-order valence-corrected chi connectivity index (χ1v) is 5.17. The summed E-state index contributed by atoms with van der Waals surface area (Å²) >= 11 is 0. The van der Waals surface area contributed by atoms with Crippen molar-refractivity contribution in [3.05, 3.63) is 29.8 Å². The molecule has 0 aliphatic heterocycles. The molecule has 78 valence electrons. The van der Waals surface area contributed by atoms with Crippen LogP contribution in [0.25, 0.3) is 0 Å². The standard InChI is InChI=1S/C12H18O2/c1-3-13-10-9-11-7-5-6-8-12(11)14-4-2/h5-8H,3-4,9-10H2,1-2H3. The van der Waals surface area contributed by atoms with Gasteiger partial charge in [0.15, 0.2) is 0 Å². The molecule has 0 heterocycles. The molecule has 0 amide bonds. The van der Waals surface area contributed by atoms with E-state index in [1.165, 1.54) is 5.56 Å². The highest BCUT2D eigenvalue weighted by molar-refractivity contribution is 5.33. The van der Waals surface area contributed by atoms with Crippen molar-refractivity contribution in [2.45, 2.75) is 20.3 Å². The second kappa shape index (κ2) is 6.44. The van der Waals surface area contributed by atoms with Crippen LogP contribution in [0.2, 0.25) is 0 Å². The van der Waals surface area contributed by atoms with Gasteiger partial charge in [0.05, 0.1) is 13.2 Å². The largest absolute Gasteiger partial charge is 0.494 e. The van der Waals surface area contributed by atoms with Gasteiger partial charge in [-0.3, -0.25) is 0 Å². The molecular formula is C12H18O2. The lowest BCUT2D eigenvalue weighted by Crippen LogP contribution is -2.01. The van der Waals surface area contributed by atoms with Crippen LogP contribution in [0.5, 0.6) is 5.75 Å². The number of ether oxygens (including phenoxy) is 2. The average Bonchev–Trinajstić information content (AvgIpc) is 2.21. The Balaban J connectivity index is 2.55. The van der Waals surface area contributed by atoms with Gasteiger partial charge in [-0.25, -0.2) is 0 Å². The third-order valence-electron chi connectivity index (χ3n) is 1.99. The van der Waals surface area contributed by atoms with Crippen molar-refractivity contribution in [1.29, 1.82) is 0 Å². The monoisotopic (exact) mass is 194 g/mol. The van der Waals surface area contributed by atoms with Crippen molar-refractivity contribution < 1.29 is 9.47 Å². The van der Waals surface area contributed by atoms with Crippen molar-refractivity contribution in [2.24, 2.45) is 0 Å². The van der Waals surface area contributed by atoms with Crippen molar-refractivity contribution in [3.63, 3.8) is 0 Å². The van der Waals surface area contributed by atoms with Crippen LogP contribution < -0.4 is 4.74 Å². The summed E-state index contributed by atoms with van der Waals surface area (Å²) < 4.78 is 10.8. The minimum atomic E-state index is 0.714. The molecule has 0 radical (unpaired) electrons. The molecule has 0 saturated heterocycles. The summed E-state index contributed by atoms with van der Waals surface area (Å²) in [4.78, 5) is 0. The predicted octanol–water partition coefficient (Wildman–Crippen LogP) is 2.66. The molecule has 0 spiro atoms. The number of hydrogen-bond donors (Lipinski definition) is 0. The molecule has 2 heteroatoms. The van der Waals surface area contributed by atoms with E-state index in [9.17, 15) is 0 Å². The van der Waals surface area contributed by atoms with Gasteiger partial charge in [0.1, 0.15) is 5.75 Å². The summed E-state index contributed by atoms with van der Waals surface area (Å²) in [6.07, 6.45) is 0.921. The first kappa shape index (κ1) is 11.1. The zero-order valence-corrected chi connectivity index (χ0v) is 8.95. The van der Waals surface area contributed by atoms with E-state index in [1.807, 2.05) is 32.0 Å². The molecule has 14 heavy (non-hydrogen) atoms. The normalized spacial score (nSPS) is 10.1. The van der Waals surface area contributed by atoms with Crippen molar-refractivity contribution >= 4 is 0 Å². The van der Waals surface area contributed by atoms with E-state index in [4.69, 9.17) is 9.47 Å². The molecule has 0 aliphatic carbocycles. The van der Waals surface area contributed by atoms with Crippen LogP contribution in [0.15, 0.2) is 24.3 Å². The number of benzene rings is 1. The van der Waals surface area contributed by atoms with Crippen molar-refractivity contribution in [2.75, 3.05) is 19.8 Å².